The van der Waals surface area contributed by atoms with Crippen LogP contribution in [0.3, 0.4) is 0 Å². The molecule has 0 atom stereocenters. The molecule has 1 aromatic heterocycles. The van der Waals surface area contributed by atoms with Crippen LogP contribution in [0.4, 0.5) is 10.1 Å². The zero-order chi connectivity index (χ0) is 23.5. The molecule has 0 bridgehead atoms. The maximum absolute atomic E-state index is 13.2. The van der Waals surface area contributed by atoms with Crippen molar-refractivity contribution in [2.24, 2.45) is 0 Å². The van der Waals surface area contributed by atoms with Gasteiger partial charge in [0.15, 0.2) is 5.69 Å². The smallest absolute Gasteiger partial charge is 0.307 e. The van der Waals surface area contributed by atoms with Crippen molar-refractivity contribution in [2.75, 3.05) is 5.32 Å². The highest BCUT2D eigenvalue weighted by Gasteiger charge is 2.27. The van der Waals surface area contributed by atoms with Gasteiger partial charge in [-0.15, -0.1) is 0 Å². The molecule has 3 aromatic carbocycles. The van der Waals surface area contributed by atoms with E-state index in [1.165, 1.54) is 28.9 Å². The van der Waals surface area contributed by atoms with Crippen molar-refractivity contribution in [3.63, 3.8) is 0 Å². The van der Waals surface area contributed by atoms with Gasteiger partial charge in [0.1, 0.15) is 5.82 Å². The van der Waals surface area contributed by atoms with Crippen LogP contribution in [0, 0.1) is 5.82 Å². The summed E-state index contributed by atoms with van der Waals surface area (Å²) in [6.07, 6.45) is -0.464. The van der Waals surface area contributed by atoms with Crippen molar-refractivity contribution < 1.29 is 19.1 Å². The van der Waals surface area contributed by atoms with Crippen LogP contribution >= 0.6 is 23.2 Å². The summed E-state index contributed by atoms with van der Waals surface area (Å²) in [5.74, 6) is -2.23. The predicted molar refractivity (Wildman–Crippen MR) is 125 cm³/mol. The molecule has 0 aliphatic heterocycles. The Morgan fingerprint density at radius 3 is 2.27 bits per heavy atom. The van der Waals surface area contributed by atoms with E-state index in [1.807, 2.05) is 0 Å². The van der Waals surface area contributed by atoms with Crippen LogP contribution in [0.15, 0.2) is 72.8 Å². The fourth-order valence-electron chi connectivity index (χ4n) is 3.38. The average Bonchev–Trinajstić information content (AvgIpc) is 3.14. The molecule has 0 spiro atoms. The zero-order valence-corrected chi connectivity index (χ0v) is 18.4. The molecule has 0 aliphatic rings. The summed E-state index contributed by atoms with van der Waals surface area (Å²) in [6.45, 7) is 0. The molecule has 0 saturated carbocycles. The van der Waals surface area contributed by atoms with Crippen molar-refractivity contribution in [3.05, 3.63) is 99.9 Å². The zero-order valence-electron chi connectivity index (χ0n) is 16.9. The minimum atomic E-state index is -1.14. The van der Waals surface area contributed by atoms with Crippen LogP contribution in [-0.2, 0) is 11.2 Å². The van der Waals surface area contributed by atoms with E-state index in [1.54, 1.807) is 48.5 Å². The van der Waals surface area contributed by atoms with Gasteiger partial charge in [0.05, 0.1) is 22.8 Å². The minimum absolute atomic E-state index is 0.0911. The molecule has 6 nitrogen and oxygen atoms in total. The Bertz CT molecular complexity index is 1340. The van der Waals surface area contributed by atoms with E-state index >= 15 is 0 Å². The summed E-state index contributed by atoms with van der Waals surface area (Å²) < 4.78 is 14.7. The Hall–Kier alpha value is -3.68. The molecular weight excluding hydrogens is 468 g/mol. The number of para-hydroxylation sites is 1. The lowest BCUT2D eigenvalue weighted by Gasteiger charge is -2.11. The number of carboxylic acid groups (broad SMARTS) is 1. The average molecular weight is 484 g/mol. The highest BCUT2D eigenvalue weighted by Crippen LogP contribution is 2.33. The van der Waals surface area contributed by atoms with Gasteiger partial charge < -0.3 is 10.4 Å². The first-order chi connectivity index (χ1) is 15.8. The second kappa shape index (κ2) is 9.44. The number of carbonyl (C=O) groups excluding carboxylic acids is 1. The van der Waals surface area contributed by atoms with E-state index in [-0.39, 0.29) is 11.3 Å². The molecule has 4 aromatic rings. The number of anilines is 1. The van der Waals surface area contributed by atoms with Crippen molar-refractivity contribution >= 4 is 40.8 Å². The Morgan fingerprint density at radius 2 is 1.64 bits per heavy atom. The SMILES string of the molecule is O=C(O)Cc1c(C(=O)Nc2ccc(F)cc2)nn(-c2ccccc2Cl)c1-c1ccc(Cl)cc1. The molecule has 166 valence electrons. The number of carboxylic acids is 1. The van der Waals surface area contributed by atoms with E-state index in [0.29, 0.717) is 32.7 Å². The predicted octanol–water partition coefficient (Wildman–Crippen LogP) is 5.86. The number of aromatic nitrogens is 2. The number of hydrogen-bond donors (Lipinski definition) is 2. The third-order valence-electron chi connectivity index (χ3n) is 4.83. The van der Waals surface area contributed by atoms with Gasteiger partial charge in [-0.2, -0.15) is 5.10 Å². The monoisotopic (exact) mass is 483 g/mol. The lowest BCUT2D eigenvalue weighted by Crippen LogP contribution is -2.16. The molecule has 1 heterocycles. The molecule has 0 saturated heterocycles. The van der Waals surface area contributed by atoms with Gasteiger partial charge in [0.25, 0.3) is 5.91 Å². The van der Waals surface area contributed by atoms with Crippen LogP contribution < -0.4 is 5.32 Å². The van der Waals surface area contributed by atoms with Gasteiger partial charge in [0.2, 0.25) is 0 Å². The van der Waals surface area contributed by atoms with Gasteiger partial charge in [-0.25, -0.2) is 9.07 Å². The van der Waals surface area contributed by atoms with Crippen molar-refractivity contribution in [3.8, 4) is 16.9 Å². The van der Waals surface area contributed by atoms with Gasteiger partial charge in [0, 0.05) is 21.8 Å². The van der Waals surface area contributed by atoms with Crippen LogP contribution in [0.2, 0.25) is 10.0 Å². The minimum Gasteiger partial charge on any atom is -0.481 e. The number of halogens is 3. The van der Waals surface area contributed by atoms with Crippen molar-refractivity contribution in [1.29, 1.82) is 0 Å². The Morgan fingerprint density at radius 1 is 0.970 bits per heavy atom. The molecular formula is C24H16Cl2FN3O3. The fourth-order valence-corrected chi connectivity index (χ4v) is 3.72. The van der Waals surface area contributed by atoms with Crippen LogP contribution in [0.1, 0.15) is 16.1 Å². The Kier molecular flexibility index (Phi) is 6.44. The third-order valence-corrected chi connectivity index (χ3v) is 5.40. The van der Waals surface area contributed by atoms with E-state index in [0.717, 1.165) is 0 Å². The standard InChI is InChI=1S/C24H16Cl2FN3O3/c25-15-7-5-14(6-8-15)23-18(13-21(31)32)22(24(33)28-17-11-9-16(27)10-12-17)29-30(23)20-4-2-1-3-19(20)26/h1-12H,13H2,(H,28,33)(H,31,32). The lowest BCUT2D eigenvalue weighted by atomic mass is 10.0. The van der Waals surface area contributed by atoms with Crippen LogP contribution in [-0.4, -0.2) is 26.8 Å². The fraction of sp³-hybridized carbons (Fsp3) is 0.0417. The van der Waals surface area contributed by atoms with E-state index in [4.69, 9.17) is 23.2 Å². The Labute approximate surface area is 198 Å². The largest absolute Gasteiger partial charge is 0.481 e. The first-order valence-electron chi connectivity index (χ1n) is 9.75. The molecule has 9 heteroatoms. The molecule has 0 aliphatic carbocycles. The number of aliphatic carboxylic acids is 1. The molecule has 0 radical (unpaired) electrons. The summed E-state index contributed by atoms with van der Waals surface area (Å²) in [5.41, 5.74) is 1.91. The number of carbonyl (C=O) groups is 2. The highest BCUT2D eigenvalue weighted by molar-refractivity contribution is 6.32. The molecule has 0 fully saturated rings. The first-order valence-corrected chi connectivity index (χ1v) is 10.5. The van der Waals surface area contributed by atoms with Gasteiger partial charge in [-0.1, -0.05) is 47.5 Å². The first kappa shape index (κ1) is 22.5. The van der Waals surface area contributed by atoms with Gasteiger partial charge >= 0.3 is 5.97 Å². The van der Waals surface area contributed by atoms with Crippen molar-refractivity contribution in [2.45, 2.75) is 6.42 Å². The summed E-state index contributed by atoms with van der Waals surface area (Å²) in [6, 6.07) is 18.8. The number of nitrogens with zero attached hydrogens (tertiary/aromatic N) is 2. The van der Waals surface area contributed by atoms with Gasteiger partial charge in [-0.05, 0) is 48.5 Å². The van der Waals surface area contributed by atoms with Crippen LogP contribution in [0.25, 0.3) is 16.9 Å². The number of amides is 1. The topological polar surface area (TPSA) is 84.2 Å². The maximum atomic E-state index is 13.2. The third kappa shape index (κ3) is 4.89. The lowest BCUT2D eigenvalue weighted by molar-refractivity contribution is -0.136. The number of hydrogen-bond acceptors (Lipinski definition) is 3. The Balaban J connectivity index is 1.92. The quantitative estimate of drug-likeness (QED) is 0.359. The van der Waals surface area contributed by atoms with Gasteiger partial charge in [-0.3, -0.25) is 9.59 Å². The maximum Gasteiger partial charge on any atom is 0.307 e. The number of benzene rings is 3. The molecule has 0 unspecified atom stereocenters. The van der Waals surface area contributed by atoms with E-state index in [9.17, 15) is 19.1 Å². The highest BCUT2D eigenvalue weighted by atomic mass is 35.5. The summed E-state index contributed by atoms with van der Waals surface area (Å²) in [7, 11) is 0. The van der Waals surface area contributed by atoms with Crippen molar-refractivity contribution in [1.82, 2.24) is 9.78 Å². The second-order valence-electron chi connectivity index (χ2n) is 7.08. The summed E-state index contributed by atoms with van der Waals surface area (Å²) >= 11 is 12.4. The molecule has 1 amide bonds. The van der Waals surface area contributed by atoms with Crippen LogP contribution in [0.5, 0.6) is 0 Å². The second-order valence-corrected chi connectivity index (χ2v) is 7.92. The normalized spacial score (nSPS) is 10.8. The molecule has 33 heavy (non-hydrogen) atoms. The molecule has 4 rings (SSSR count). The summed E-state index contributed by atoms with van der Waals surface area (Å²) in [4.78, 5) is 24.9. The van der Waals surface area contributed by atoms with E-state index < -0.39 is 24.1 Å². The summed E-state index contributed by atoms with van der Waals surface area (Å²) in [5, 5.41) is 17.5. The molecule has 2 N–H and O–H groups in total. The van der Waals surface area contributed by atoms with E-state index in [2.05, 4.69) is 10.4 Å². The number of rotatable bonds is 6. The number of nitrogens with one attached hydrogen (secondary N) is 1.